The molecule has 1 atom stereocenters. The van der Waals surface area contributed by atoms with Gasteiger partial charge in [-0.2, -0.15) is 10.1 Å². The number of aromatic nitrogens is 3. The Morgan fingerprint density at radius 3 is 3.00 bits per heavy atom. The van der Waals surface area contributed by atoms with Gasteiger partial charge in [0.05, 0.1) is 6.20 Å². The van der Waals surface area contributed by atoms with Crippen LogP contribution < -0.4 is 10.2 Å². The molecule has 0 bridgehead atoms. The molecule has 1 aromatic rings. The lowest BCUT2D eigenvalue weighted by molar-refractivity contribution is 0.441. The summed E-state index contributed by atoms with van der Waals surface area (Å²) < 4.78 is 0. The number of hydrogen-bond acceptors (Lipinski definition) is 5. The van der Waals surface area contributed by atoms with Crippen LogP contribution in [0.1, 0.15) is 33.6 Å². The lowest BCUT2D eigenvalue weighted by atomic mass is 10.0. The van der Waals surface area contributed by atoms with Crippen molar-refractivity contribution in [2.45, 2.75) is 39.7 Å². The third-order valence-corrected chi connectivity index (χ3v) is 2.92. The zero-order chi connectivity index (χ0) is 12.3. The molecule has 0 aliphatic carbocycles. The van der Waals surface area contributed by atoms with Crippen molar-refractivity contribution in [2.24, 2.45) is 5.92 Å². The summed E-state index contributed by atoms with van der Waals surface area (Å²) in [5.74, 6) is 2.28. The normalized spacial score (nSPS) is 20.7. The van der Waals surface area contributed by atoms with E-state index in [1.807, 2.05) is 0 Å². The standard InChI is InChI=1S/C12H21N5/c1-9(2)14-11-7-13-16-12(15-11)17-6-4-5-10(3)8-17/h7,9-10H,4-6,8H2,1-3H3,(H,14,15,16). The summed E-state index contributed by atoms with van der Waals surface area (Å²) in [5.41, 5.74) is 0. The van der Waals surface area contributed by atoms with Gasteiger partial charge in [0.1, 0.15) is 0 Å². The summed E-state index contributed by atoms with van der Waals surface area (Å²) in [6.45, 7) is 8.52. The van der Waals surface area contributed by atoms with Gasteiger partial charge in [0.15, 0.2) is 5.82 Å². The monoisotopic (exact) mass is 235 g/mol. The third-order valence-electron chi connectivity index (χ3n) is 2.92. The van der Waals surface area contributed by atoms with E-state index in [9.17, 15) is 0 Å². The Morgan fingerprint density at radius 2 is 2.29 bits per heavy atom. The van der Waals surface area contributed by atoms with Gasteiger partial charge >= 0.3 is 0 Å². The number of nitrogens with one attached hydrogen (secondary N) is 1. The molecular weight excluding hydrogens is 214 g/mol. The van der Waals surface area contributed by atoms with E-state index < -0.39 is 0 Å². The van der Waals surface area contributed by atoms with Gasteiger partial charge in [-0.05, 0) is 32.6 Å². The van der Waals surface area contributed by atoms with Crippen LogP contribution in [0.2, 0.25) is 0 Å². The Morgan fingerprint density at radius 1 is 1.47 bits per heavy atom. The van der Waals surface area contributed by atoms with Gasteiger partial charge in [0.25, 0.3) is 0 Å². The summed E-state index contributed by atoms with van der Waals surface area (Å²) in [4.78, 5) is 6.74. The van der Waals surface area contributed by atoms with Gasteiger partial charge in [0, 0.05) is 19.1 Å². The van der Waals surface area contributed by atoms with Gasteiger partial charge in [0.2, 0.25) is 5.95 Å². The minimum Gasteiger partial charge on any atom is -0.366 e. The highest BCUT2D eigenvalue weighted by Gasteiger charge is 2.19. The maximum absolute atomic E-state index is 4.51. The summed E-state index contributed by atoms with van der Waals surface area (Å²) >= 11 is 0. The van der Waals surface area contributed by atoms with Crippen molar-refractivity contribution < 1.29 is 0 Å². The van der Waals surface area contributed by atoms with Crippen molar-refractivity contribution in [3.05, 3.63) is 6.20 Å². The zero-order valence-corrected chi connectivity index (χ0v) is 10.8. The second-order valence-electron chi connectivity index (χ2n) is 5.13. The quantitative estimate of drug-likeness (QED) is 0.867. The van der Waals surface area contributed by atoms with E-state index in [2.05, 4.69) is 46.2 Å². The number of piperidine rings is 1. The smallest absolute Gasteiger partial charge is 0.247 e. The van der Waals surface area contributed by atoms with Crippen molar-refractivity contribution in [3.63, 3.8) is 0 Å². The fraction of sp³-hybridized carbons (Fsp3) is 0.750. The summed E-state index contributed by atoms with van der Waals surface area (Å²) in [6.07, 6.45) is 4.19. The van der Waals surface area contributed by atoms with E-state index in [4.69, 9.17) is 0 Å². The third kappa shape index (κ3) is 3.28. The summed E-state index contributed by atoms with van der Waals surface area (Å²) in [7, 11) is 0. The highest BCUT2D eigenvalue weighted by molar-refractivity contribution is 5.39. The highest BCUT2D eigenvalue weighted by Crippen LogP contribution is 2.20. The highest BCUT2D eigenvalue weighted by atomic mass is 15.3. The fourth-order valence-corrected chi connectivity index (χ4v) is 2.16. The van der Waals surface area contributed by atoms with Crippen molar-refractivity contribution in [3.8, 4) is 0 Å². The maximum atomic E-state index is 4.51. The molecule has 1 unspecified atom stereocenters. The van der Waals surface area contributed by atoms with Gasteiger partial charge in [-0.25, -0.2) is 0 Å². The Kier molecular flexibility index (Phi) is 3.76. The maximum Gasteiger partial charge on any atom is 0.247 e. The first-order valence-electron chi connectivity index (χ1n) is 6.36. The van der Waals surface area contributed by atoms with Crippen LogP contribution in [0.25, 0.3) is 0 Å². The van der Waals surface area contributed by atoms with Gasteiger partial charge in [-0.15, -0.1) is 5.10 Å². The van der Waals surface area contributed by atoms with Crippen LogP contribution in [-0.2, 0) is 0 Å². The van der Waals surface area contributed by atoms with E-state index in [0.29, 0.717) is 12.0 Å². The summed E-state index contributed by atoms with van der Waals surface area (Å²) in [6, 6.07) is 0.361. The topological polar surface area (TPSA) is 53.9 Å². The Labute approximate surface area is 103 Å². The Balaban J connectivity index is 2.09. The van der Waals surface area contributed by atoms with Crippen molar-refractivity contribution in [1.82, 2.24) is 15.2 Å². The first-order valence-corrected chi connectivity index (χ1v) is 6.36. The number of rotatable bonds is 3. The number of anilines is 2. The first-order chi connectivity index (χ1) is 8.15. The van der Waals surface area contributed by atoms with Crippen LogP contribution in [0.5, 0.6) is 0 Å². The van der Waals surface area contributed by atoms with E-state index in [-0.39, 0.29) is 0 Å². The molecule has 0 saturated carbocycles. The molecule has 1 fully saturated rings. The average molecular weight is 235 g/mol. The van der Waals surface area contributed by atoms with Crippen LogP contribution in [0.15, 0.2) is 6.20 Å². The largest absolute Gasteiger partial charge is 0.366 e. The molecule has 0 spiro atoms. The molecule has 2 heterocycles. The van der Waals surface area contributed by atoms with E-state index >= 15 is 0 Å². The summed E-state index contributed by atoms with van der Waals surface area (Å²) in [5, 5.41) is 11.4. The second kappa shape index (κ2) is 5.29. The van der Waals surface area contributed by atoms with E-state index in [0.717, 1.165) is 24.9 Å². The van der Waals surface area contributed by atoms with E-state index in [1.54, 1.807) is 6.20 Å². The van der Waals surface area contributed by atoms with Crippen LogP contribution in [0.3, 0.4) is 0 Å². The molecule has 1 saturated heterocycles. The lowest BCUT2D eigenvalue weighted by Crippen LogP contribution is -2.35. The Bertz CT molecular complexity index is 366. The second-order valence-corrected chi connectivity index (χ2v) is 5.13. The van der Waals surface area contributed by atoms with Crippen LogP contribution >= 0.6 is 0 Å². The molecule has 1 aromatic heterocycles. The lowest BCUT2D eigenvalue weighted by Gasteiger charge is -2.30. The van der Waals surface area contributed by atoms with Crippen LogP contribution in [-0.4, -0.2) is 34.3 Å². The minimum atomic E-state index is 0.361. The van der Waals surface area contributed by atoms with E-state index in [1.165, 1.54) is 12.8 Å². The average Bonchev–Trinajstić information content (AvgIpc) is 2.28. The molecule has 5 heteroatoms. The zero-order valence-electron chi connectivity index (χ0n) is 10.8. The molecule has 1 aliphatic heterocycles. The number of nitrogens with zero attached hydrogens (tertiary/aromatic N) is 4. The van der Waals surface area contributed by atoms with Crippen LogP contribution in [0.4, 0.5) is 11.8 Å². The SMILES string of the molecule is CC1CCCN(c2nncc(NC(C)C)n2)C1. The van der Waals surface area contributed by atoms with Crippen molar-refractivity contribution >= 4 is 11.8 Å². The minimum absolute atomic E-state index is 0.361. The molecule has 17 heavy (non-hydrogen) atoms. The van der Waals surface area contributed by atoms with Gasteiger partial charge in [-0.1, -0.05) is 6.92 Å². The molecular formula is C12H21N5. The number of hydrogen-bond donors (Lipinski definition) is 1. The molecule has 0 amide bonds. The van der Waals surface area contributed by atoms with Crippen molar-refractivity contribution in [2.75, 3.05) is 23.3 Å². The first kappa shape index (κ1) is 12.1. The molecule has 94 valence electrons. The molecule has 0 aromatic carbocycles. The predicted molar refractivity (Wildman–Crippen MR) is 69.2 cm³/mol. The van der Waals surface area contributed by atoms with Crippen molar-refractivity contribution in [1.29, 1.82) is 0 Å². The molecule has 5 nitrogen and oxygen atoms in total. The Hall–Kier alpha value is -1.39. The molecule has 1 N–H and O–H groups in total. The van der Waals surface area contributed by atoms with Gasteiger partial charge in [-0.3, -0.25) is 0 Å². The molecule has 1 aliphatic rings. The molecule has 2 rings (SSSR count). The fourth-order valence-electron chi connectivity index (χ4n) is 2.16. The predicted octanol–water partition coefficient (Wildman–Crippen LogP) is 1.93. The van der Waals surface area contributed by atoms with Gasteiger partial charge < -0.3 is 10.2 Å². The molecule has 0 radical (unpaired) electrons. The van der Waals surface area contributed by atoms with Crippen LogP contribution in [0, 0.1) is 5.92 Å².